The van der Waals surface area contributed by atoms with Gasteiger partial charge in [-0.1, -0.05) is 55.8 Å². The molecule has 0 saturated carbocycles. The third-order valence-electron chi connectivity index (χ3n) is 5.44. The largest absolute Gasteiger partial charge is 0.373 e. The Bertz CT molecular complexity index is 1030. The fraction of sp³-hybridized carbons (Fsp3) is 0.435. The minimum atomic E-state index is -3.86. The van der Waals surface area contributed by atoms with Crippen LogP contribution in [0.25, 0.3) is 0 Å². The highest BCUT2D eigenvalue weighted by Gasteiger charge is 2.34. The van der Waals surface area contributed by atoms with Gasteiger partial charge < -0.3 is 10.1 Å². The molecule has 1 aliphatic rings. The number of nitrogens with one attached hydrogen (secondary N) is 1. The molecule has 3 rings (SSSR count). The number of nitrogens with zero attached hydrogens (tertiary/aromatic N) is 1. The smallest absolute Gasteiger partial charge is 0.251 e. The maximum atomic E-state index is 13.2. The number of halogens is 1. The fourth-order valence-electron chi connectivity index (χ4n) is 3.70. The number of carbonyl (C=O) groups is 1. The molecule has 0 aromatic heterocycles. The summed E-state index contributed by atoms with van der Waals surface area (Å²) < 4.78 is 33.5. The molecule has 1 amide bonds. The zero-order valence-electron chi connectivity index (χ0n) is 18.3. The number of benzene rings is 2. The maximum Gasteiger partial charge on any atom is 0.251 e. The average molecular weight is 465 g/mol. The van der Waals surface area contributed by atoms with Crippen LogP contribution in [0.4, 0.5) is 0 Å². The molecule has 31 heavy (non-hydrogen) atoms. The van der Waals surface area contributed by atoms with Gasteiger partial charge in [0.2, 0.25) is 10.0 Å². The first-order chi connectivity index (χ1) is 14.5. The van der Waals surface area contributed by atoms with Crippen LogP contribution in [0.2, 0.25) is 5.02 Å². The van der Waals surface area contributed by atoms with E-state index in [1.165, 1.54) is 22.5 Å². The van der Waals surface area contributed by atoms with Crippen molar-refractivity contribution in [1.82, 2.24) is 9.62 Å². The van der Waals surface area contributed by atoms with E-state index in [0.29, 0.717) is 6.54 Å². The number of amides is 1. The highest BCUT2D eigenvalue weighted by Crippen LogP contribution is 2.28. The molecule has 168 valence electrons. The summed E-state index contributed by atoms with van der Waals surface area (Å²) in [5.41, 5.74) is 1.07. The van der Waals surface area contributed by atoms with Crippen LogP contribution >= 0.6 is 11.6 Å². The predicted octanol–water partition coefficient (Wildman–Crippen LogP) is 3.85. The zero-order valence-corrected chi connectivity index (χ0v) is 19.8. The van der Waals surface area contributed by atoms with Gasteiger partial charge >= 0.3 is 0 Å². The number of rotatable bonds is 6. The number of hydrogen-bond donors (Lipinski definition) is 1. The lowest BCUT2D eigenvalue weighted by molar-refractivity contribution is -0.0440. The highest BCUT2D eigenvalue weighted by molar-refractivity contribution is 7.89. The van der Waals surface area contributed by atoms with E-state index in [-0.39, 0.29) is 52.1 Å². The van der Waals surface area contributed by atoms with E-state index in [9.17, 15) is 13.2 Å². The first-order valence-electron chi connectivity index (χ1n) is 10.3. The lowest BCUT2D eigenvalue weighted by atomic mass is 9.84. The van der Waals surface area contributed by atoms with E-state index in [2.05, 4.69) is 5.32 Å². The molecule has 1 fully saturated rings. The summed E-state index contributed by atoms with van der Waals surface area (Å²) in [7, 11) is -3.86. The molecule has 1 saturated heterocycles. The fourth-order valence-corrected chi connectivity index (χ4v) is 5.79. The van der Waals surface area contributed by atoms with Crippen molar-refractivity contribution in [2.75, 3.05) is 19.6 Å². The first-order valence-corrected chi connectivity index (χ1v) is 12.1. The van der Waals surface area contributed by atoms with Crippen molar-refractivity contribution >= 4 is 27.5 Å². The SMILES string of the molecule is CC1CN(S(=O)(=O)c2cc(C(=O)NCC(C)(C)c3ccccc3)ccc2Cl)CC(C)O1. The lowest BCUT2D eigenvalue weighted by Crippen LogP contribution is -2.48. The Morgan fingerprint density at radius 1 is 1.13 bits per heavy atom. The Hall–Kier alpha value is -1.93. The molecular formula is C23H29ClN2O4S. The summed E-state index contributed by atoms with van der Waals surface area (Å²) in [4.78, 5) is 12.7. The lowest BCUT2D eigenvalue weighted by Gasteiger charge is -2.34. The van der Waals surface area contributed by atoms with E-state index < -0.39 is 10.0 Å². The molecule has 2 atom stereocenters. The van der Waals surface area contributed by atoms with Crippen molar-refractivity contribution in [3.8, 4) is 0 Å². The second-order valence-corrected chi connectivity index (χ2v) is 11.0. The summed E-state index contributed by atoms with van der Waals surface area (Å²) in [6.45, 7) is 8.63. The van der Waals surface area contributed by atoms with E-state index in [1.54, 1.807) is 0 Å². The molecule has 1 aliphatic heterocycles. The van der Waals surface area contributed by atoms with Crippen LogP contribution in [0.3, 0.4) is 0 Å². The Labute approximate surface area is 189 Å². The van der Waals surface area contributed by atoms with Crippen molar-refractivity contribution in [2.45, 2.75) is 50.2 Å². The molecule has 0 spiro atoms. The van der Waals surface area contributed by atoms with Crippen molar-refractivity contribution in [1.29, 1.82) is 0 Å². The van der Waals surface area contributed by atoms with Crippen molar-refractivity contribution < 1.29 is 17.9 Å². The molecule has 0 radical (unpaired) electrons. The summed E-state index contributed by atoms with van der Waals surface area (Å²) in [5.74, 6) is -0.346. The van der Waals surface area contributed by atoms with Gasteiger partial charge in [-0.25, -0.2) is 8.42 Å². The van der Waals surface area contributed by atoms with Crippen molar-refractivity contribution in [2.24, 2.45) is 0 Å². The number of morpholine rings is 1. The second kappa shape index (κ2) is 9.28. The van der Waals surface area contributed by atoms with Gasteiger partial charge in [-0.2, -0.15) is 4.31 Å². The number of carbonyl (C=O) groups excluding carboxylic acids is 1. The summed E-state index contributed by atoms with van der Waals surface area (Å²) >= 11 is 6.24. The maximum absolute atomic E-state index is 13.2. The van der Waals surface area contributed by atoms with Gasteiger partial charge in [-0.05, 0) is 37.6 Å². The van der Waals surface area contributed by atoms with E-state index in [4.69, 9.17) is 16.3 Å². The van der Waals surface area contributed by atoms with Crippen LogP contribution in [0.1, 0.15) is 43.6 Å². The van der Waals surface area contributed by atoms with Gasteiger partial charge in [0.05, 0.1) is 17.2 Å². The quantitative estimate of drug-likeness (QED) is 0.704. The molecule has 2 unspecified atom stereocenters. The molecular weight excluding hydrogens is 436 g/mol. The third kappa shape index (κ3) is 5.47. The molecule has 0 aliphatic carbocycles. The minimum absolute atomic E-state index is 0.0644. The van der Waals surface area contributed by atoms with E-state index in [1.807, 2.05) is 58.0 Å². The Morgan fingerprint density at radius 3 is 2.35 bits per heavy atom. The van der Waals surface area contributed by atoms with E-state index >= 15 is 0 Å². The zero-order chi connectivity index (χ0) is 22.8. The Morgan fingerprint density at radius 2 is 1.74 bits per heavy atom. The monoisotopic (exact) mass is 464 g/mol. The van der Waals surface area contributed by atoms with Crippen LogP contribution < -0.4 is 5.32 Å². The number of ether oxygens (including phenoxy) is 1. The Balaban J connectivity index is 1.79. The minimum Gasteiger partial charge on any atom is -0.373 e. The summed E-state index contributed by atoms with van der Waals surface area (Å²) in [6, 6.07) is 14.3. The van der Waals surface area contributed by atoms with Crippen LogP contribution in [0.5, 0.6) is 0 Å². The van der Waals surface area contributed by atoms with Gasteiger partial charge in [0, 0.05) is 30.6 Å². The van der Waals surface area contributed by atoms with E-state index in [0.717, 1.165) is 5.56 Å². The average Bonchev–Trinajstić information content (AvgIpc) is 2.72. The standard InChI is InChI=1S/C23H29ClN2O4S/c1-16-13-26(14-17(2)30-16)31(28,29)21-12-18(10-11-20(21)24)22(27)25-15-23(3,4)19-8-6-5-7-9-19/h5-12,16-17H,13-15H2,1-4H3,(H,25,27). The number of sulfonamides is 1. The van der Waals surface area contributed by atoms with Crippen molar-refractivity contribution in [3.63, 3.8) is 0 Å². The van der Waals surface area contributed by atoms with Gasteiger partial charge in [-0.3, -0.25) is 4.79 Å². The molecule has 2 aromatic carbocycles. The van der Waals surface area contributed by atoms with Crippen LogP contribution in [-0.2, 0) is 20.2 Å². The van der Waals surface area contributed by atoms with Crippen LogP contribution in [0, 0.1) is 0 Å². The molecule has 1 heterocycles. The summed E-state index contributed by atoms with van der Waals surface area (Å²) in [6.07, 6.45) is -0.437. The molecule has 2 aromatic rings. The molecule has 0 bridgehead atoms. The molecule has 8 heteroatoms. The van der Waals surface area contributed by atoms with Gasteiger partial charge in [0.25, 0.3) is 5.91 Å². The van der Waals surface area contributed by atoms with Gasteiger partial charge in [-0.15, -0.1) is 0 Å². The molecule has 1 N–H and O–H groups in total. The first kappa shape index (κ1) is 23.7. The topological polar surface area (TPSA) is 75.7 Å². The molecule has 6 nitrogen and oxygen atoms in total. The Kier molecular flexibility index (Phi) is 7.11. The predicted molar refractivity (Wildman–Crippen MR) is 122 cm³/mol. The van der Waals surface area contributed by atoms with Gasteiger partial charge in [0.15, 0.2) is 0 Å². The van der Waals surface area contributed by atoms with Crippen LogP contribution in [0.15, 0.2) is 53.4 Å². The van der Waals surface area contributed by atoms with Crippen molar-refractivity contribution in [3.05, 3.63) is 64.7 Å². The highest BCUT2D eigenvalue weighted by atomic mass is 35.5. The normalized spacial score (nSPS) is 20.4. The van der Waals surface area contributed by atoms with Crippen LogP contribution in [-0.4, -0.2) is 50.5 Å². The third-order valence-corrected chi connectivity index (χ3v) is 7.76. The number of hydrogen-bond acceptors (Lipinski definition) is 4. The second-order valence-electron chi connectivity index (χ2n) is 8.66. The summed E-state index contributed by atoms with van der Waals surface area (Å²) in [5, 5.41) is 3.01. The van der Waals surface area contributed by atoms with Gasteiger partial charge in [0.1, 0.15) is 4.90 Å².